The summed E-state index contributed by atoms with van der Waals surface area (Å²) in [6.45, 7) is 1.71. The lowest BCUT2D eigenvalue weighted by atomic mass is 10.0. The maximum absolute atomic E-state index is 5.64. The Hall–Kier alpha value is -2.98. The third kappa shape index (κ3) is 6.52. The van der Waals surface area contributed by atoms with E-state index in [1.165, 1.54) is 22.3 Å². The summed E-state index contributed by atoms with van der Waals surface area (Å²) in [5.74, 6) is 0. The molecule has 4 rings (SSSR count). The highest BCUT2D eigenvalue weighted by Crippen LogP contribution is 2.21. The Morgan fingerprint density at radius 2 is 0.788 bits per heavy atom. The molecule has 0 radical (unpaired) electrons. The number of hydrogen-bond acceptors (Lipinski definition) is 3. The molecule has 1 N–H and O–H groups in total. The van der Waals surface area contributed by atoms with Crippen LogP contribution in [0.5, 0.6) is 0 Å². The van der Waals surface area contributed by atoms with Crippen LogP contribution in [0.2, 0.25) is 0 Å². The van der Waals surface area contributed by atoms with Crippen LogP contribution in [0, 0.1) is 0 Å². The normalized spacial score (nSPS) is 10.7. The maximum Gasteiger partial charge on any atom is 0.0237 e. The topological polar surface area (TPSA) is 12.0 Å². The zero-order valence-electron chi connectivity index (χ0n) is 18.5. The maximum atomic E-state index is 5.64. The van der Waals surface area contributed by atoms with E-state index >= 15 is 0 Å². The Morgan fingerprint density at radius 1 is 0.455 bits per heavy atom. The summed E-state index contributed by atoms with van der Waals surface area (Å²) in [4.78, 5) is 1.97. The fourth-order valence-corrected chi connectivity index (χ4v) is 4.25. The lowest BCUT2D eigenvalue weighted by Gasteiger charge is -2.09. The van der Waals surface area contributed by atoms with Crippen LogP contribution in [0.25, 0.3) is 22.3 Å². The monoisotopic (exact) mass is 465 g/mol. The van der Waals surface area contributed by atoms with E-state index in [4.69, 9.17) is 24.4 Å². The van der Waals surface area contributed by atoms with Crippen LogP contribution < -0.4 is 5.32 Å². The van der Waals surface area contributed by atoms with Gasteiger partial charge in [0, 0.05) is 22.8 Å². The van der Waals surface area contributed by atoms with Crippen LogP contribution in [0.15, 0.2) is 109 Å². The number of rotatable bonds is 10. The molecular weight excluding hydrogens is 438 g/mol. The predicted octanol–water partition coefficient (Wildman–Crippen LogP) is 7.53. The van der Waals surface area contributed by atoms with Crippen molar-refractivity contribution in [1.82, 2.24) is 5.32 Å². The fraction of sp³-hybridized carbons (Fsp3) is 0.133. The van der Waals surface area contributed by atoms with Crippen molar-refractivity contribution < 1.29 is 0 Å². The largest absolute Gasteiger partial charge is 0.316 e. The van der Waals surface area contributed by atoms with Crippen molar-refractivity contribution >= 4 is 34.2 Å². The lowest BCUT2D eigenvalue weighted by molar-refractivity contribution is 0.720. The zero-order valence-corrected chi connectivity index (χ0v) is 20.2. The van der Waals surface area contributed by atoms with E-state index in [1.807, 2.05) is 12.1 Å². The standard InChI is InChI=1S/C30H27NS2/c32-29(27-15-11-25(12-16-27)23-7-3-1-4-8-23)19-21-31-22-20-30(33)28-17-13-26(14-18-28)24-9-5-2-6-10-24/h1-18,31H,19-22H2. The average Bonchev–Trinajstić information content (AvgIpc) is 2.89. The van der Waals surface area contributed by atoms with Gasteiger partial charge in [-0.25, -0.2) is 0 Å². The Morgan fingerprint density at radius 3 is 1.15 bits per heavy atom. The molecule has 0 aromatic heterocycles. The predicted molar refractivity (Wildman–Crippen MR) is 149 cm³/mol. The van der Waals surface area contributed by atoms with E-state index in [-0.39, 0.29) is 0 Å². The van der Waals surface area contributed by atoms with Crippen molar-refractivity contribution in [2.24, 2.45) is 0 Å². The minimum Gasteiger partial charge on any atom is -0.316 e. The van der Waals surface area contributed by atoms with E-state index in [1.54, 1.807) is 0 Å². The van der Waals surface area contributed by atoms with Gasteiger partial charge in [0.15, 0.2) is 0 Å². The zero-order chi connectivity index (χ0) is 22.9. The van der Waals surface area contributed by atoms with Gasteiger partial charge in [-0.05, 0) is 46.2 Å². The molecule has 0 aliphatic carbocycles. The van der Waals surface area contributed by atoms with E-state index in [9.17, 15) is 0 Å². The number of thiocarbonyl (C=S) groups is 2. The Labute approximate surface area is 207 Å². The molecule has 0 fully saturated rings. The SMILES string of the molecule is S=C(CCNCCC(=S)c1ccc(-c2ccccc2)cc1)c1ccc(-c2ccccc2)cc1. The van der Waals surface area contributed by atoms with Crippen molar-refractivity contribution in [3.63, 3.8) is 0 Å². The molecule has 0 atom stereocenters. The van der Waals surface area contributed by atoms with Gasteiger partial charge in [0.1, 0.15) is 0 Å². The van der Waals surface area contributed by atoms with Gasteiger partial charge in [-0.1, -0.05) is 134 Å². The number of benzene rings is 4. The first-order chi connectivity index (χ1) is 16.2. The molecule has 0 bridgehead atoms. The summed E-state index contributed by atoms with van der Waals surface area (Å²) in [6, 6.07) is 37.9. The molecule has 0 saturated heterocycles. The third-order valence-corrected chi connectivity index (χ3v) is 6.57. The second-order valence-electron chi connectivity index (χ2n) is 7.98. The fourth-order valence-electron chi connectivity index (χ4n) is 3.78. The van der Waals surface area contributed by atoms with E-state index in [0.29, 0.717) is 0 Å². The molecule has 1 nitrogen and oxygen atoms in total. The third-order valence-electron chi connectivity index (χ3n) is 5.69. The molecule has 4 aromatic carbocycles. The van der Waals surface area contributed by atoms with Gasteiger partial charge in [-0.2, -0.15) is 0 Å². The molecule has 0 amide bonds. The molecule has 0 heterocycles. The van der Waals surface area contributed by atoms with Gasteiger partial charge in [0.2, 0.25) is 0 Å². The average molecular weight is 466 g/mol. The molecule has 33 heavy (non-hydrogen) atoms. The summed E-state index contributed by atoms with van der Waals surface area (Å²) < 4.78 is 0. The summed E-state index contributed by atoms with van der Waals surface area (Å²) in [7, 11) is 0. The van der Waals surface area contributed by atoms with Gasteiger partial charge >= 0.3 is 0 Å². The van der Waals surface area contributed by atoms with Crippen LogP contribution >= 0.6 is 24.4 Å². The Bertz CT molecular complexity index is 1080. The minimum atomic E-state index is 0.846. The first kappa shape index (κ1) is 23.2. The second kappa shape index (κ2) is 11.8. The van der Waals surface area contributed by atoms with E-state index in [0.717, 1.165) is 46.8 Å². The van der Waals surface area contributed by atoms with Crippen molar-refractivity contribution in [3.05, 3.63) is 120 Å². The molecule has 4 aromatic rings. The van der Waals surface area contributed by atoms with Crippen LogP contribution in [0.4, 0.5) is 0 Å². The van der Waals surface area contributed by atoms with Crippen LogP contribution in [-0.4, -0.2) is 22.8 Å². The van der Waals surface area contributed by atoms with Gasteiger partial charge < -0.3 is 5.32 Å². The van der Waals surface area contributed by atoms with E-state index in [2.05, 4.69) is 102 Å². The Balaban J connectivity index is 1.19. The van der Waals surface area contributed by atoms with Crippen LogP contribution in [-0.2, 0) is 0 Å². The Kier molecular flexibility index (Phi) is 8.26. The highest BCUT2D eigenvalue weighted by atomic mass is 32.1. The molecular formula is C30H27NS2. The molecule has 3 heteroatoms. The second-order valence-corrected chi connectivity index (χ2v) is 8.97. The highest BCUT2D eigenvalue weighted by molar-refractivity contribution is 7.81. The highest BCUT2D eigenvalue weighted by Gasteiger charge is 2.05. The molecule has 164 valence electrons. The van der Waals surface area contributed by atoms with Gasteiger partial charge in [-0.3, -0.25) is 0 Å². The lowest BCUT2D eigenvalue weighted by Crippen LogP contribution is -2.21. The summed E-state index contributed by atoms with van der Waals surface area (Å²) in [5, 5.41) is 3.49. The summed E-state index contributed by atoms with van der Waals surface area (Å²) in [6.07, 6.45) is 1.69. The van der Waals surface area contributed by atoms with Crippen molar-refractivity contribution in [2.75, 3.05) is 13.1 Å². The van der Waals surface area contributed by atoms with Gasteiger partial charge in [0.05, 0.1) is 0 Å². The first-order valence-corrected chi connectivity index (χ1v) is 12.1. The minimum absolute atomic E-state index is 0.846. The first-order valence-electron chi connectivity index (χ1n) is 11.3. The van der Waals surface area contributed by atoms with Crippen LogP contribution in [0.3, 0.4) is 0 Å². The van der Waals surface area contributed by atoms with Gasteiger partial charge in [0.25, 0.3) is 0 Å². The van der Waals surface area contributed by atoms with Gasteiger partial charge in [-0.15, -0.1) is 0 Å². The molecule has 0 unspecified atom stereocenters. The number of nitrogens with one attached hydrogen (secondary N) is 1. The number of hydrogen-bond donors (Lipinski definition) is 1. The van der Waals surface area contributed by atoms with E-state index < -0.39 is 0 Å². The molecule has 0 aliphatic heterocycles. The molecule has 0 spiro atoms. The van der Waals surface area contributed by atoms with Crippen LogP contribution in [0.1, 0.15) is 24.0 Å². The molecule has 0 saturated carbocycles. The summed E-state index contributed by atoms with van der Waals surface area (Å²) >= 11 is 11.3. The van der Waals surface area contributed by atoms with Crippen molar-refractivity contribution in [3.8, 4) is 22.3 Å². The van der Waals surface area contributed by atoms with Crippen molar-refractivity contribution in [2.45, 2.75) is 12.8 Å². The smallest absolute Gasteiger partial charge is 0.0237 e. The quantitative estimate of drug-likeness (QED) is 0.148. The summed E-state index contributed by atoms with van der Waals surface area (Å²) in [5.41, 5.74) is 7.13. The molecule has 0 aliphatic rings. The van der Waals surface area contributed by atoms with Crippen molar-refractivity contribution in [1.29, 1.82) is 0 Å².